The standard InChI is InChI=1S/C27H36O10/c1-12(28)34-17-11-18(35-13(2)29)25(6)14-8-9-24(5)19(21(31)32)36-22(33)20-27(24,37-20)26(14,7)16(30)10-15(25)23(17,3)4/h14-15,17-20H,8-11H2,1-7H3,(H,31,32)/t14?,15?,17?,18?,19?,20?,24-,25-,26-,27?/m0/s1. The number of ether oxygens (including phenoxy) is 4. The molecular formula is C27H36O10. The van der Waals surface area contributed by atoms with E-state index in [1.54, 1.807) is 13.8 Å². The summed E-state index contributed by atoms with van der Waals surface area (Å²) < 4.78 is 23.1. The summed E-state index contributed by atoms with van der Waals surface area (Å²) in [6.45, 7) is 12.2. The van der Waals surface area contributed by atoms with Crippen LogP contribution in [0.25, 0.3) is 0 Å². The predicted octanol–water partition coefficient (Wildman–Crippen LogP) is 2.45. The molecule has 0 bridgehead atoms. The van der Waals surface area contributed by atoms with Gasteiger partial charge >= 0.3 is 23.9 Å². The molecule has 5 rings (SSSR count). The van der Waals surface area contributed by atoms with Crippen molar-refractivity contribution >= 4 is 29.7 Å². The zero-order valence-corrected chi connectivity index (χ0v) is 22.4. The van der Waals surface area contributed by atoms with Crippen LogP contribution in [0, 0.1) is 33.5 Å². The lowest BCUT2D eigenvalue weighted by Crippen LogP contribution is -2.75. The summed E-state index contributed by atoms with van der Waals surface area (Å²) in [5, 5.41) is 9.97. The molecule has 2 saturated heterocycles. The Bertz CT molecular complexity index is 1110. The van der Waals surface area contributed by atoms with Crippen molar-refractivity contribution in [3.05, 3.63) is 0 Å². The van der Waals surface area contributed by atoms with Crippen molar-refractivity contribution in [1.82, 2.24) is 0 Å². The van der Waals surface area contributed by atoms with Gasteiger partial charge in [0.1, 0.15) is 23.6 Å². The number of Topliss-reactive ketones (excluding diaryl/α,β-unsaturated/α-hetero) is 1. The average molecular weight is 521 g/mol. The number of carbonyl (C=O) groups excluding carboxylic acids is 4. The third-order valence-electron chi connectivity index (χ3n) is 11.1. The van der Waals surface area contributed by atoms with E-state index < -0.39 is 75.6 Å². The Morgan fingerprint density at radius 1 is 0.946 bits per heavy atom. The topological polar surface area (TPSA) is 146 Å². The highest BCUT2D eigenvalue weighted by atomic mass is 16.7. The molecule has 3 aliphatic carbocycles. The highest BCUT2D eigenvalue weighted by Crippen LogP contribution is 2.78. The molecule has 5 fully saturated rings. The zero-order chi connectivity index (χ0) is 27.5. The Morgan fingerprint density at radius 2 is 1.54 bits per heavy atom. The highest BCUT2D eigenvalue weighted by molar-refractivity contribution is 5.95. The first-order chi connectivity index (χ1) is 17.0. The quantitative estimate of drug-likeness (QED) is 0.334. The molecule has 10 atom stereocenters. The van der Waals surface area contributed by atoms with Crippen LogP contribution in [0.2, 0.25) is 0 Å². The first-order valence-electron chi connectivity index (χ1n) is 13.0. The zero-order valence-electron chi connectivity index (χ0n) is 22.4. The Balaban J connectivity index is 1.67. The van der Waals surface area contributed by atoms with Gasteiger partial charge in [-0.1, -0.05) is 27.7 Å². The van der Waals surface area contributed by atoms with Crippen LogP contribution in [0.5, 0.6) is 0 Å². The van der Waals surface area contributed by atoms with Gasteiger partial charge in [-0.15, -0.1) is 0 Å². The van der Waals surface area contributed by atoms with Crippen molar-refractivity contribution in [2.75, 3.05) is 0 Å². The van der Waals surface area contributed by atoms with Gasteiger partial charge in [-0.05, 0) is 31.6 Å². The van der Waals surface area contributed by atoms with Crippen LogP contribution >= 0.6 is 0 Å². The minimum Gasteiger partial charge on any atom is -0.478 e. The summed E-state index contributed by atoms with van der Waals surface area (Å²) in [5.74, 6) is -3.76. The van der Waals surface area contributed by atoms with E-state index in [0.29, 0.717) is 12.8 Å². The highest BCUT2D eigenvalue weighted by Gasteiger charge is 2.89. The number of carboxylic acids is 1. The fraction of sp³-hybridized carbons (Fsp3) is 0.815. The fourth-order valence-corrected chi connectivity index (χ4v) is 9.38. The maximum Gasteiger partial charge on any atom is 0.345 e. The van der Waals surface area contributed by atoms with Crippen LogP contribution < -0.4 is 0 Å². The lowest BCUT2D eigenvalue weighted by molar-refractivity contribution is -0.259. The number of hydrogen-bond acceptors (Lipinski definition) is 9. The number of carbonyl (C=O) groups is 5. The molecule has 2 heterocycles. The number of fused-ring (bicyclic) bond motifs is 3. The number of rotatable bonds is 3. The molecular weight excluding hydrogens is 484 g/mol. The average Bonchev–Trinajstić information content (AvgIpc) is 3.54. The monoisotopic (exact) mass is 520 g/mol. The first kappa shape index (κ1) is 26.1. The van der Waals surface area contributed by atoms with E-state index in [2.05, 4.69) is 0 Å². The number of hydrogen-bond donors (Lipinski definition) is 1. The van der Waals surface area contributed by atoms with Gasteiger partial charge in [-0.3, -0.25) is 14.4 Å². The number of esters is 3. The minimum atomic E-state index is -1.43. The van der Waals surface area contributed by atoms with Crippen LogP contribution in [0.3, 0.4) is 0 Å². The minimum absolute atomic E-state index is 0.0900. The Labute approximate surface area is 215 Å². The molecule has 204 valence electrons. The van der Waals surface area contributed by atoms with E-state index in [9.17, 15) is 29.1 Å². The third-order valence-corrected chi connectivity index (χ3v) is 11.1. The molecule has 0 aromatic rings. The van der Waals surface area contributed by atoms with Gasteiger partial charge in [-0.2, -0.15) is 0 Å². The first-order valence-corrected chi connectivity index (χ1v) is 13.0. The van der Waals surface area contributed by atoms with Crippen LogP contribution in [0.4, 0.5) is 0 Å². The van der Waals surface area contributed by atoms with Gasteiger partial charge in [-0.25, -0.2) is 9.59 Å². The van der Waals surface area contributed by atoms with Crippen molar-refractivity contribution in [2.45, 2.75) is 104 Å². The summed E-state index contributed by atoms with van der Waals surface area (Å²) in [6, 6.07) is 0. The molecule has 37 heavy (non-hydrogen) atoms. The van der Waals surface area contributed by atoms with Gasteiger partial charge in [0.15, 0.2) is 6.10 Å². The van der Waals surface area contributed by atoms with Crippen LogP contribution in [0.15, 0.2) is 0 Å². The Kier molecular flexibility index (Phi) is 5.33. The molecule has 7 unspecified atom stereocenters. The summed E-state index contributed by atoms with van der Waals surface area (Å²) in [7, 11) is 0. The van der Waals surface area contributed by atoms with Gasteiger partial charge < -0.3 is 24.1 Å². The molecule has 0 amide bonds. The maximum absolute atomic E-state index is 14.3. The number of ketones is 1. The van der Waals surface area contributed by atoms with E-state index in [1.807, 2.05) is 20.8 Å². The summed E-state index contributed by atoms with van der Waals surface area (Å²) in [6.07, 6.45) is -2.52. The van der Waals surface area contributed by atoms with Crippen molar-refractivity contribution in [2.24, 2.45) is 33.5 Å². The maximum atomic E-state index is 14.3. The van der Waals surface area contributed by atoms with Gasteiger partial charge in [0.2, 0.25) is 6.10 Å². The van der Waals surface area contributed by atoms with Gasteiger partial charge in [0.05, 0.1) is 5.41 Å². The normalized spacial score (nSPS) is 49.3. The summed E-state index contributed by atoms with van der Waals surface area (Å²) in [5.41, 5.74) is -5.01. The fourth-order valence-electron chi connectivity index (χ4n) is 9.38. The van der Waals surface area contributed by atoms with Crippen LogP contribution in [-0.4, -0.2) is 64.8 Å². The number of aliphatic carboxylic acids is 1. The van der Waals surface area contributed by atoms with Crippen molar-refractivity contribution in [1.29, 1.82) is 0 Å². The van der Waals surface area contributed by atoms with Gasteiger partial charge in [0, 0.05) is 42.9 Å². The molecule has 3 saturated carbocycles. The smallest absolute Gasteiger partial charge is 0.345 e. The second-order valence-electron chi connectivity index (χ2n) is 12.9. The van der Waals surface area contributed by atoms with E-state index in [0.717, 1.165) is 0 Å². The number of epoxide rings is 1. The van der Waals surface area contributed by atoms with Crippen LogP contribution in [-0.2, 0) is 42.9 Å². The SMILES string of the molecule is CC(=O)OC1CC(OC(C)=O)[C@]2(C)C(CC(=O)[C@]3(C)C2CC[C@@]2(C)C(C(=O)O)OC(=O)C4OC423)C1(C)C. The molecule has 10 heteroatoms. The number of carboxylic acid groups (broad SMARTS) is 1. The van der Waals surface area contributed by atoms with E-state index in [-0.39, 0.29) is 30.5 Å². The summed E-state index contributed by atoms with van der Waals surface area (Å²) >= 11 is 0. The molecule has 0 aromatic carbocycles. The number of cyclic esters (lactones) is 1. The lowest BCUT2D eigenvalue weighted by Gasteiger charge is -2.69. The molecule has 1 spiro atoms. The van der Waals surface area contributed by atoms with E-state index in [1.165, 1.54) is 13.8 Å². The van der Waals surface area contributed by atoms with E-state index >= 15 is 0 Å². The molecule has 5 aliphatic rings. The molecule has 1 N–H and O–H groups in total. The van der Waals surface area contributed by atoms with Crippen LogP contribution in [0.1, 0.15) is 74.1 Å². The van der Waals surface area contributed by atoms with Crippen molar-refractivity contribution in [3.8, 4) is 0 Å². The summed E-state index contributed by atoms with van der Waals surface area (Å²) in [4.78, 5) is 63.6. The Hall–Kier alpha value is -2.49. The van der Waals surface area contributed by atoms with E-state index in [4.69, 9.17) is 18.9 Å². The van der Waals surface area contributed by atoms with Crippen molar-refractivity contribution < 1.29 is 48.0 Å². The Morgan fingerprint density at radius 3 is 2.11 bits per heavy atom. The lowest BCUT2D eigenvalue weighted by atomic mass is 9.34. The third kappa shape index (κ3) is 2.93. The second-order valence-corrected chi connectivity index (χ2v) is 12.9. The predicted molar refractivity (Wildman–Crippen MR) is 125 cm³/mol. The molecule has 10 nitrogen and oxygen atoms in total. The van der Waals surface area contributed by atoms with Gasteiger partial charge in [0.25, 0.3) is 0 Å². The van der Waals surface area contributed by atoms with Crippen molar-refractivity contribution in [3.63, 3.8) is 0 Å². The molecule has 2 aliphatic heterocycles. The molecule has 0 radical (unpaired) electrons. The second kappa shape index (κ2) is 7.55. The largest absolute Gasteiger partial charge is 0.478 e. The molecule has 0 aromatic heterocycles.